The van der Waals surface area contributed by atoms with Crippen LogP contribution in [-0.4, -0.2) is 11.9 Å². The Kier molecular flexibility index (Phi) is 5.44. The fourth-order valence-corrected chi connectivity index (χ4v) is 3.67. The van der Waals surface area contributed by atoms with E-state index in [4.69, 9.17) is 21.1 Å². The van der Waals surface area contributed by atoms with E-state index in [9.17, 15) is 4.79 Å². The van der Waals surface area contributed by atoms with E-state index in [0.29, 0.717) is 23.3 Å². The molecule has 0 N–H and O–H groups in total. The van der Waals surface area contributed by atoms with Crippen molar-refractivity contribution in [2.75, 3.05) is 0 Å². The predicted octanol–water partition coefficient (Wildman–Crippen LogP) is 6.42. The van der Waals surface area contributed by atoms with Crippen LogP contribution >= 0.6 is 11.6 Å². The summed E-state index contributed by atoms with van der Waals surface area (Å²) in [5.74, 6) is 0.498. The molecular formula is C27H18ClNO3. The lowest BCUT2D eigenvalue weighted by Crippen LogP contribution is -2.05. The molecular weight excluding hydrogens is 422 g/mol. The first kappa shape index (κ1) is 20.0. The molecule has 0 unspecified atom stereocenters. The topological polar surface area (TPSA) is 47.9 Å². The van der Waals surface area contributed by atoms with Gasteiger partial charge >= 0.3 is 5.97 Å². The summed E-state index contributed by atoms with van der Waals surface area (Å²) >= 11 is 6.19. The number of ether oxygens (including phenoxy) is 2. The molecule has 1 aliphatic heterocycles. The van der Waals surface area contributed by atoms with Gasteiger partial charge in [0.2, 0.25) is 5.90 Å². The molecule has 0 aromatic heterocycles. The summed E-state index contributed by atoms with van der Waals surface area (Å²) in [6, 6.07) is 28.9. The van der Waals surface area contributed by atoms with E-state index in [1.165, 1.54) is 0 Å². The van der Waals surface area contributed by atoms with Crippen LogP contribution in [0.2, 0.25) is 5.02 Å². The predicted molar refractivity (Wildman–Crippen MR) is 127 cm³/mol. The molecule has 4 aromatic carbocycles. The van der Waals surface area contributed by atoms with Crippen molar-refractivity contribution in [3.63, 3.8) is 0 Å². The molecule has 0 spiro atoms. The summed E-state index contributed by atoms with van der Waals surface area (Å²) in [6.07, 6.45) is 1.69. The zero-order valence-electron chi connectivity index (χ0n) is 17.0. The summed E-state index contributed by atoms with van der Waals surface area (Å²) < 4.78 is 11.3. The van der Waals surface area contributed by atoms with Crippen LogP contribution < -0.4 is 4.74 Å². The summed E-state index contributed by atoms with van der Waals surface area (Å²) in [7, 11) is 0. The highest BCUT2D eigenvalue weighted by atomic mass is 35.5. The van der Waals surface area contributed by atoms with Crippen LogP contribution in [0.1, 0.15) is 16.7 Å². The van der Waals surface area contributed by atoms with Crippen molar-refractivity contribution < 1.29 is 14.3 Å². The first-order valence-corrected chi connectivity index (χ1v) is 10.5. The average molecular weight is 440 g/mol. The molecule has 5 rings (SSSR count). The molecule has 0 amide bonds. The van der Waals surface area contributed by atoms with Crippen LogP contribution in [0.15, 0.2) is 102 Å². The number of benzene rings is 4. The van der Waals surface area contributed by atoms with Gasteiger partial charge in [0.15, 0.2) is 5.70 Å². The number of nitrogens with zero attached hydrogens (tertiary/aromatic N) is 1. The van der Waals surface area contributed by atoms with Crippen LogP contribution in [-0.2, 0) is 16.1 Å². The highest BCUT2D eigenvalue weighted by Gasteiger charge is 2.24. The first-order valence-electron chi connectivity index (χ1n) is 10.1. The zero-order valence-corrected chi connectivity index (χ0v) is 17.8. The Labute approximate surface area is 190 Å². The largest absolute Gasteiger partial charge is 0.489 e. The van der Waals surface area contributed by atoms with Gasteiger partial charge in [0.25, 0.3) is 0 Å². The minimum absolute atomic E-state index is 0.247. The molecule has 5 heteroatoms. The molecule has 0 aliphatic carbocycles. The van der Waals surface area contributed by atoms with E-state index in [1.807, 2.05) is 91.0 Å². The molecule has 156 valence electrons. The van der Waals surface area contributed by atoms with Gasteiger partial charge in [0.05, 0.1) is 0 Å². The van der Waals surface area contributed by atoms with Crippen molar-refractivity contribution in [2.24, 2.45) is 4.99 Å². The molecule has 1 aliphatic rings. The Balaban J connectivity index is 1.37. The van der Waals surface area contributed by atoms with Crippen LogP contribution in [0, 0.1) is 0 Å². The Bertz CT molecular complexity index is 1390. The lowest BCUT2D eigenvalue weighted by atomic mass is 10.1. The number of rotatable bonds is 5. The van der Waals surface area contributed by atoms with Crippen molar-refractivity contribution in [1.29, 1.82) is 0 Å². The van der Waals surface area contributed by atoms with Gasteiger partial charge in [-0.2, -0.15) is 0 Å². The maximum absolute atomic E-state index is 12.4. The Morgan fingerprint density at radius 1 is 0.875 bits per heavy atom. The standard InChI is InChI=1S/C27H18ClNO3/c28-24-11-4-3-9-22(24)17-31-23-10-5-6-18(14-23)15-25-27(30)32-26(29-25)21-13-12-19-7-1-2-8-20(19)16-21/h1-16H,17H2/b25-15+. The van der Waals surface area contributed by atoms with Crippen molar-refractivity contribution in [1.82, 2.24) is 0 Å². The molecule has 32 heavy (non-hydrogen) atoms. The van der Waals surface area contributed by atoms with Gasteiger partial charge in [0.1, 0.15) is 12.4 Å². The monoisotopic (exact) mass is 439 g/mol. The lowest BCUT2D eigenvalue weighted by Gasteiger charge is -2.08. The minimum atomic E-state index is -0.476. The maximum Gasteiger partial charge on any atom is 0.363 e. The molecule has 0 atom stereocenters. The molecule has 0 fully saturated rings. The minimum Gasteiger partial charge on any atom is -0.489 e. The quantitative estimate of drug-likeness (QED) is 0.266. The smallest absolute Gasteiger partial charge is 0.363 e. The van der Waals surface area contributed by atoms with Crippen molar-refractivity contribution in [3.05, 3.63) is 118 Å². The van der Waals surface area contributed by atoms with Gasteiger partial charge < -0.3 is 9.47 Å². The van der Waals surface area contributed by atoms with Gasteiger partial charge in [-0.25, -0.2) is 9.79 Å². The van der Waals surface area contributed by atoms with Crippen molar-refractivity contribution >= 4 is 40.3 Å². The second-order valence-corrected chi connectivity index (χ2v) is 7.76. The van der Waals surface area contributed by atoms with Crippen LogP contribution in [0.4, 0.5) is 0 Å². The summed E-state index contributed by atoms with van der Waals surface area (Å²) in [6.45, 7) is 0.353. The Morgan fingerprint density at radius 3 is 2.56 bits per heavy atom. The van der Waals surface area contributed by atoms with Gasteiger partial charge in [-0.1, -0.05) is 72.3 Å². The second-order valence-electron chi connectivity index (χ2n) is 7.35. The second kappa shape index (κ2) is 8.69. The third-order valence-electron chi connectivity index (χ3n) is 5.13. The average Bonchev–Trinajstić information content (AvgIpc) is 3.18. The van der Waals surface area contributed by atoms with E-state index in [2.05, 4.69) is 4.99 Å². The number of fused-ring (bicyclic) bond motifs is 1. The SMILES string of the molecule is O=C1OC(c2ccc3ccccc3c2)=N/C1=C/c1cccc(OCc2ccccc2Cl)c1. The van der Waals surface area contributed by atoms with E-state index in [1.54, 1.807) is 6.08 Å². The van der Waals surface area contributed by atoms with Gasteiger partial charge in [-0.05, 0) is 52.7 Å². The van der Waals surface area contributed by atoms with Gasteiger partial charge in [0, 0.05) is 16.1 Å². The normalized spacial score (nSPS) is 14.5. The lowest BCUT2D eigenvalue weighted by molar-refractivity contribution is -0.129. The molecule has 0 bridgehead atoms. The van der Waals surface area contributed by atoms with E-state index in [0.717, 1.165) is 27.5 Å². The highest BCUT2D eigenvalue weighted by Crippen LogP contribution is 2.24. The number of carbonyl (C=O) groups is 1. The summed E-state index contributed by atoms with van der Waals surface area (Å²) in [5.41, 5.74) is 2.70. The number of carbonyl (C=O) groups excluding carboxylic acids is 1. The fraction of sp³-hybridized carbons (Fsp3) is 0.0370. The van der Waals surface area contributed by atoms with Crippen molar-refractivity contribution in [3.8, 4) is 5.75 Å². The molecule has 4 aromatic rings. The fourth-order valence-electron chi connectivity index (χ4n) is 3.48. The van der Waals surface area contributed by atoms with Gasteiger partial charge in [-0.3, -0.25) is 0 Å². The van der Waals surface area contributed by atoms with E-state index in [-0.39, 0.29) is 5.70 Å². The molecule has 1 heterocycles. The Morgan fingerprint density at radius 2 is 1.69 bits per heavy atom. The van der Waals surface area contributed by atoms with Crippen LogP contribution in [0.5, 0.6) is 5.75 Å². The number of hydrogen-bond donors (Lipinski definition) is 0. The van der Waals surface area contributed by atoms with Crippen LogP contribution in [0.25, 0.3) is 16.8 Å². The number of halogens is 1. The summed E-state index contributed by atoms with van der Waals surface area (Å²) in [4.78, 5) is 16.8. The number of cyclic esters (lactones) is 1. The van der Waals surface area contributed by atoms with Gasteiger partial charge in [-0.15, -0.1) is 0 Å². The zero-order chi connectivity index (χ0) is 21.9. The molecule has 0 saturated heterocycles. The van der Waals surface area contributed by atoms with E-state index < -0.39 is 5.97 Å². The van der Waals surface area contributed by atoms with Crippen LogP contribution in [0.3, 0.4) is 0 Å². The van der Waals surface area contributed by atoms with Crippen molar-refractivity contribution in [2.45, 2.75) is 6.61 Å². The third-order valence-corrected chi connectivity index (χ3v) is 5.50. The maximum atomic E-state index is 12.4. The number of hydrogen-bond acceptors (Lipinski definition) is 4. The molecule has 4 nitrogen and oxygen atoms in total. The first-order chi connectivity index (χ1) is 15.7. The third kappa shape index (κ3) is 4.27. The molecule has 0 radical (unpaired) electrons. The number of esters is 1. The summed E-state index contributed by atoms with van der Waals surface area (Å²) in [5, 5.41) is 2.84. The highest BCUT2D eigenvalue weighted by molar-refractivity contribution is 6.31. The van der Waals surface area contributed by atoms with E-state index >= 15 is 0 Å². The number of aliphatic imine (C=N–C) groups is 1. The molecule has 0 saturated carbocycles. The Hall–Kier alpha value is -3.89.